The highest BCUT2D eigenvalue weighted by Crippen LogP contribution is 2.36. The number of rotatable bonds is 5. The van der Waals surface area contributed by atoms with E-state index in [-0.39, 0.29) is 11.9 Å². The SMILES string of the molecule is O=C(NC1CC1)[C@H](c1ccccc1)N1CCC[C@H](c2nc3ccccc3s2)C1. The molecule has 144 valence electrons. The predicted molar refractivity (Wildman–Crippen MR) is 114 cm³/mol. The van der Waals surface area contributed by atoms with Gasteiger partial charge in [-0.3, -0.25) is 9.69 Å². The lowest BCUT2D eigenvalue weighted by molar-refractivity contribution is -0.127. The van der Waals surface area contributed by atoms with Gasteiger partial charge in [-0.15, -0.1) is 11.3 Å². The van der Waals surface area contributed by atoms with Gasteiger partial charge >= 0.3 is 0 Å². The molecule has 0 radical (unpaired) electrons. The second-order valence-electron chi connectivity index (χ2n) is 7.95. The summed E-state index contributed by atoms with van der Waals surface area (Å²) in [6.45, 7) is 1.84. The summed E-state index contributed by atoms with van der Waals surface area (Å²) < 4.78 is 1.25. The van der Waals surface area contributed by atoms with Gasteiger partial charge < -0.3 is 5.32 Å². The highest BCUT2D eigenvalue weighted by molar-refractivity contribution is 7.18. The molecule has 2 fully saturated rings. The summed E-state index contributed by atoms with van der Waals surface area (Å²) in [5.74, 6) is 0.546. The van der Waals surface area contributed by atoms with Crippen molar-refractivity contribution in [3.05, 3.63) is 65.2 Å². The number of carbonyl (C=O) groups excluding carboxylic acids is 1. The van der Waals surface area contributed by atoms with Crippen molar-refractivity contribution < 1.29 is 4.79 Å². The van der Waals surface area contributed by atoms with Crippen molar-refractivity contribution in [3.8, 4) is 0 Å². The van der Waals surface area contributed by atoms with Crippen molar-refractivity contribution in [2.45, 2.75) is 43.7 Å². The summed E-state index contributed by atoms with van der Waals surface area (Å²) in [5.41, 5.74) is 2.18. The van der Waals surface area contributed by atoms with E-state index in [1.807, 2.05) is 24.3 Å². The van der Waals surface area contributed by atoms with Gasteiger partial charge in [-0.2, -0.15) is 0 Å². The highest BCUT2D eigenvalue weighted by Gasteiger charge is 2.35. The zero-order valence-electron chi connectivity index (χ0n) is 15.9. The summed E-state index contributed by atoms with van der Waals surface area (Å²) in [5, 5.41) is 4.44. The lowest BCUT2D eigenvalue weighted by atomic mass is 9.94. The van der Waals surface area contributed by atoms with Crippen molar-refractivity contribution in [1.82, 2.24) is 15.2 Å². The van der Waals surface area contributed by atoms with Crippen LogP contribution in [0.4, 0.5) is 0 Å². The summed E-state index contributed by atoms with van der Waals surface area (Å²) in [6, 6.07) is 18.8. The van der Waals surface area contributed by atoms with E-state index in [0.717, 1.165) is 49.9 Å². The number of nitrogens with one attached hydrogen (secondary N) is 1. The first-order valence-corrected chi connectivity index (χ1v) is 11.0. The van der Waals surface area contributed by atoms with E-state index in [1.165, 1.54) is 9.71 Å². The number of thiazole rings is 1. The molecule has 5 heteroatoms. The minimum absolute atomic E-state index is 0.152. The molecule has 0 bridgehead atoms. The molecule has 1 aliphatic carbocycles. The number of nitrogens with zero attached hydrogens (tertiary/aromatic N) is 2. The summed E-state index contributed by atoms with van der Waals surface area (Å²) in [7, 11) is 0. The maximum Gasteiger partial charge on any atom is 0.242 e. The van der Waals surface area contributed by atoms with Gasteiger partial charge in [0.15, 0.2) is 0 Å². The number of amides is 1. The van der Waals surface area contributed by atoms with Gasteiger partial charge in [0.05, 0.1) is 15.2 Å². The number of carbonyl (C=O) groups is 1. The van der Waals surface area contributed by atoms with Crippen LogP contribution in [0.25, 0.3) is 10.2 Å². The number of likely N-dealkylation sites (tertiary alicyclic amines) is 1. The molecule has 1 aliphatic heterocycles. The Kier molecular flexibility index (Phi) is 4.87. The molecule has 3 aromatic rings. The average molecular weight is 392 g/mol. The third-order valence-corrected chi connectivity index (χ3v) is 6.96. The molecular formula is C23H25N3OS. The van der Waals surface area contributed by atoms with Gasteiger partial charge in [-0.1, -0.05) is 42.5 Å². The second kappa shape index (κ2) is 7.64. The molecule has 2 atom stereocenters. The van der Waals surface area contributed by atoms with Gasteiger partial charge in [0.1, 0.15) is 6.04 Å². The van der Waals surface area contributed by atoms with Crippen molar-refractivity contribution in [3.63, 3.8) is 0 Å². The molecule has 1 N–H and O–H groups in total. The number of piperidine rings is 1. The average Bonchev–Trinajstić information content (AvgIpc) is 3.43. The summed E-state index contributed by atoms with van der Waals surface area (Å²) in [6.07, 6.45) is 4.46. The number of fused-ring (bicyclic) bond motifs is 1. The lowest BCUT2D eigenvalue weighted by Gasteiger charge is -2.37. The molecule has 0 unspecified atom stereocenters. The maximum absolute atomic E-state index is 13.1. The second-order valence-corrected chi connectivity index (χ2v) is 9.01. The van der Waals surface area contributed by atoms with Crippen LogP contribution in [0.5, 0.6) is 0 Å². The van der Waals surface area contributed by atoms with Crippen molar-refractivity contribution in [1.29, 1.82) is 0 Å². The first kappa shape index (κ1) is 17.8. The van der Waals surface area contributed by atoms with E-state index in [4.69, 9.17) is 4.98 Å². The van der Waals surface area contributed by atoms with Crippen LogP contribution in [0.3, 0.4) is 0 Å². The molecule has 1 saturated heterocycles. The zero-order chi connectivity index (χ0) is 18.9. The van der Waals surface area contributed by atoms with Gasteiger partial charge in [0.2, 0.25) is 5.91 Å². The van der Waals surface area contributed by atoms with Crippen molar-refractivity contribution >= 4 is 27.5 Å². The Labute approximate surface area is 169 Å². The minimum atomic E-state index is -0.209. The Bertz CT molecular complexity index is 933. The first-order valence-electron chi connectivity index (χ1n) is 10.2. The monoisotopic (exact) mass is 391 g/mol. The standard InChI is InChI=1S/C23H25N3OS/c27-22(24-18-12-13-18)21(16-7-2-1-3-8-16)26-14-6-9-17(15-26)23-25-19-10-4-5-11-20(19)28-23/h1-5,7-8,10-11,17-18,21H,6,9,12-15H2,(H,24,27)/t17-,21-/m0/s1. The van der Waals surface area contributed by atoms with Crippen LogP contribution < -0.4 is 5.32 Å². The fraction of sp³-hybridized carbons (Fsp3) is 0.391. The van der Waals surface area contributed by atoms with Crippen LogP contribution in [-0.4, -0.2) is 34.9 Å². The van der Waals surface area contributed by atoms with Gasteiger partial charge in [0, 0.05) is 18.5 Å². The normalized spacial score (nSPS) is 21.5. The van der Waals surface area contributed by atoms with Gasteiger partial charge in [-0.25, -0.2) is 4.98 Å². The van der Waals surface area contributed by atoms with Crippen LogP contribution in [0.15, 0.2) is 54.6 Å². The molecule has 28 heavy (non-hydrogen) atoms. The lowest BCUT2D eigenvalue weighted by Crippen LogP contribution is -2.45. The number of hydrogen-bond donors (Lipinski definition) is 1. The van der Waals surface area contributed by atoms with Gasteiger partial charge in [-0.05, 0) is 49.9 Å². The predicted octanol–water partition coefficient (Wildman–Crippen LogP) is 4.50. The molecule has 5 rings (SSSR count). The molecule has 0 spiro atoms. The first-order chi connectivity index (χ1) is 13.8. The molecule has 2 aromatic carbocycles. The number of aromatic nitrogens is 1. The Balaban J connectivity index is 1.41. The quantitative estimate of drug-likeness (QED) is 0.697. The molecule has 1 amide bonds. The summed E-state index contributed by atoms with van der Waals surface area (Å²) in [4.78, 5) is 20.4. The van der Waals surface area contributed by atoms with Crippen LogP contribution >= 0.6 is 11.3 Å². The largest absolute Gasteiger partial charge is 0.352 e. The van der Waals surface area contributed by atoms with E-state index in [2.05, 4.69) is 40.5 Å². The Morgan fingerprint density at radius 3 is 2.64 bits per heavy atom. The zero-order valence-corrected chi connectivity index (χ0v) is 16.7. The molecule has 1 aromatic heterocycles. The van der Waals surface area contributed by atoms with E-state index in [9.17, 15) is 4.79 Å². The van der Waals surface area contributed by atoms with E-state index in [0.29, 0.717) is 12.0 Å². The fourth-order valence-corrected chi connectivity index (χ4v) is 5.27. The number of hydrogen-bond acceptors (Lipinski definition) is 4. The molecule has 2 aliphatic rings. The fourth-order valence-electron chi connectivity index (χ4n) is 4.18. The van der Waals surface area contributed by atoms with E-state index in [1.54, 1.807) is 11.3 Å². The smallest absolute Gasteiger partial charge is 0.242 e. The van der Waals surface area contributed by atoms with Crippen molar-refractivity contribution in [2.24, 2.45) is 0 Å². The third kappa shape index (κ3) is 3.69. The third-order valence-electron chi connectivity index (χ3n) is 5.77. The van der Waals surface area contributed by atoms with Gasteiger partial charge in [0.25, 0.3) is 0 Å². The summed E-state index contributed by atoms with van der Waals surface area (Å²) >= 11 is 1.80. The molecule has 4 nitrogen and oxygen atoms in total. The van der Waals surface area contributed by atoms with Crippen LogP contribution in [0.2, 0.25) is 0 Å². The molecule has 2 heterocycles. The number of para-hydroxylation sites is 1. The van der Waals surface area contributed by atoms with E-state index >= 15 is 0 Å². The van der Waals surface area contributed by atoms with Crippen molar-refractivity contribution in [2.75, 3.05) is 13.1 Å². The Hall–Kier alpha value is -2.24. The van der Waals surface area contributed by atoms with E-state index < -0.39 is 0 Å². The molecule has 1 saturated carbocycles. The highest BCUT2D eigenvalue weighted by atomic mass is 32.1. The Morgan fingerprint density at radius 2 is 1.86 bits per heavy atom. The minimum Gasteiger partial charge on any atom is -0.352 e. The van der Waals surface area contributed by atoms with Crippen LogP contribution in [-0.2, 0) is 4.79 Å². The Morgan fingerprint density at radius 1 is 1.07 bits per heavy atom. The molecular weight excluding hydrogens is 366 g/mol. The number of benzene rings is 2. The van der Waals surface area contributed by atoms with Crippen LogP contribution in [0.1, 0.15) is 48.2 Å². The topological polar surface area (TPSA) is 45.2 Å². The van der Waals surface area contributed by atoms with Crippen LogP contribution in [0, 0.1) is 0 Å². The maximum atomic E-state index is 13.1.